The summed E-state index contributed by atoms with van der Waals surface area (Å²) in [5.41, 5.74) is 2.11. The summed E-state index contributed by atoms with van der Waals surface area (Å²) in [5.74, 6) is -0.127. The van der Waals surface area contributed by atoms with Crippen molar-refractivity contribution in [3.8, 4) is 0 Å². The van der Waals surface area contributed by atoms with Gasteiger partial charge in [0.05, 0.1) is 4.90 Å². The van der Waals surface area contributed by atoms with Crippen LogP contribution in [0.3, 0.4) is 0 Å². The highest BCUT2D eigenvalue weighted by Crippen LogP contribution is 2.26. The highest BCUT2D eigenvalue weighted by atomic mass is 35.5. The van der Waals surface area contributed by atoms with Gasteiger partial charge in [-0.3, -0.25) is 9.48 Å². The van der Waals surface area contributed by atoms with Gasteiger partial charge in [-0.2, -0.15) is 9.40 Å². The number of carbonyl (C=O) groups excluding carboxylic acids is 1. The number of piperazine rings is 1. The minimum Gasteiger partial charge on any atom is -0.335 e. The first-order chi connectivity index (χ1) is 13.4. The topological polar surface area (TPSA) is 75.5 Å². The smallest absolute Gasteiger partial charge is 0.274 e. The molecule has 2 aliphatic rings. The normalized spacial score (nSPS) is 18.1. The molecule has 0 aliphatic carbocycles. The van der Waals surface area contributed by atoms with E-state index in [4.69, 9.17) is 11.6 Å². The van der Waals surface area contributed by atoms with Gasteiger partial charge in [0, 0.05) is 43.4 Å². The monoisotopic (exact) mass is 422 g/mol. The van der Waals surface area contributed by atoms with Crippen molar-refractivity contribution in [3.05, 3.63) is 46.2 Å². The number of fused-ring (bicyclic) bond motifs is 1. The van der Waals surface area contributed by atoms with E-state index in [9.17, 15) is 13.2 Å². The number of aryl methyl sites for hydroxylation is 2. The molecule has 1 aromatic heterocycles. The number of sulfonamides is 1. The minimum absolute atomic E-state index is 0.127. The van der Waals surface area contributed by atoms with Crippen molar-refractivity contribution in [2.45, 2.75) is 37.6 Å². The van der Waals surface area contributed by atoms with Crippen molar-refractivity contribution in [3.63, 3.8) is 0 Å². The Kier molecular flexibility index (Phi) is 5.20. The summed E-state index contributed by atoms with van der Waals surface area (Å²) < 4.78 is 29.3. The number of halogens is 1. The lowest BCUT2D eigenvalue weighted by Gasteiger charge is -2.34. The first-order valence-electron chi connectivity index (χ1n) is 9.49. The van der Waals surface area contributed by atoms with Crippen molar-refractivity contribution in [2.75, 3.05) is 26.2 Å². The van der Waals surface area contributed by atoms with Crippen LogP contribution in [-0.2, 0) is 23.0 Å². The Morgan fingerprint density at radius 2 is 1.86 bits per heavy atom. The molecule has 2 aliphatic heterocycles. The second-order valence-electron chi connectivity index (χ2n) is 7.26. The predicted molar refractivity (Wildman–Crippen MR) is 106 cm³/mol. The fraction of sp³-hybridized carbons (Fsp3) is 0.474. The van der Waals surface area contributed by atoms with E-state index in [1.165, 1.54) is 4.31 Å². The Labute approximate surface area is 169 Å². The van der Waals surface area contributed by atoms with Crippen molar-refractivity contribution in [2.24, 2.45) is 0 Å². The Morgan fingerprint density at radius 1 is 1.11 bits per heavy atom. The molecule has 0 spiro atoms. The zero-order chi connectivity index (χ0) is 19.9. The molecule has 0 radical (unpaired) electrons. The van der Waals surface area contributed by atoms with E-state index in [2.05, 4.69) is 5.10 Å². The Morgan fingerprint density at radius 3 is 2.57 bits per heavy atom. The molecular formula is C19H23ClN4O3S. The van der Waals surface area contributed by atoms with Crippen LogP contribution in [0.1, 0.15) is 34.6 Å². The van der Waals surface area contributed by atoms with Gasteiger partial charge in [-0.1, -0.05) is 17.7 Å². The van der Waals surface area contributed by atoms with E-state index in [0.717, 1.165) is 31.5 Å². The maximum atomic E-state index is 13.0. The lowest BCUT2D eigenvalue weighted by Crippen LogP contribution is -2.50. The molecule has 1 aromatic carbocycles. The van der Waals surface area contributed by atoms with Gasteiger partial charge in [-0.05, 0) is 49.9 Å². The lowest BCUT2D eigenvalue weighted by atomic mass is 10.1. The van der Waals surface area contributed by atoms with E-state index in [0.29, 0.717) is 29.4 Å². The first-order valence-corrected chi connectivity index (χ1v) is 11.3. The maximum Gasteiger partial charge on any atom is 0.274 e. The van der Waals surface area contributed by atoms with E-state index in [-0.39, 0.29) is 23.9 Å². The quantitative estimate of drug-likeness (QED) is 0.760. The van der Waals surface area contributed by atoms with Crippen LogP contribution in [0.4, 0.5) is 0 Å². The van der Waals surface area contributed by atoms with Gasteiger partial charge >= 0.3 is 0 Å². The average Bonchev–Trinajstić information content (AvgIpc) is 3.13. The molecule has 0 unspecified atom stereocenters. The van der Waals surface area contributed by atoms with Crippen LogP contribution in [-0.4, -0.2) is 59.5 Å². The van der Waals surface area contributed by atoms with Crippen molar-refractivity contribution in [1.82, 2.24) is 19.0 Å². The Hall–Kier alpha value is -1.90. The van der Waals surface area contributed by atoms with E-state index in [1.54, 1.807) is 30.0 Å². The fourth-order valence-electron chi connectivity index (χ4n) is 3.82. The molecule has 0 saturated carbocycles. The summed E-state index contributed by atoms with van der Waals surface area (Å²) in [6.07, 6.45) is 3.16. The van der Waals surface area contributed by atoms with Gasteiger partial charge in [-0.15, -0.1) is 0 Å². The maximum absolute atomic E-state index is 13.0. The van der Waals surface area contributed by atoms with E-state index in [1.807, 2.05) is 10.7 Å². The third-order valence-corrected chi connectivity index (χ3v) is 7.95. The van der Waals surface area contributed by atoms with Crippen LogP contribution < -0.4 is 0 Å². The zero-order valence-corrected chi connectivity index (χ0v) is 17.3. The lowest BCUT2D eigenvalue weighted by molar-refractivity contribution is 0.0691. The van der Waals surface area contributed by atoms with Gasteiger partial charge in [0.2, 0.25) is 10.0 Å². The molecule has 2 aromatic rings. The highest BCUT2D eigenvalue weighted by Gasteiger charge is 2.32. The summed E-state index contributed by atoms with van der Waals surface area (Å²) >= 11 is 6.09. The zero-order valence-electron chi connectivity index (χ0n) is 15.8. The molecule has 3 heterocycles. The molecule has 150 valence electrons. The van der Waals surface area contributed by atoms with Crippen LogP contribution in [0.25, 0.3) is 0 Å². The highest BCUT2D eigenvalue weighted by molar-refractivity contribution is 7.89. The molecule has 1 fully saturated rings. The summed E-state index contributed by atoms with van der Waals surface area (Å²) in [4.78, 5) is 14.7. The van der Waals surface area contributed by atoms with Crippen LogP contribution in [0.5, 0.6) is 0 Å². The number of aromatic nitrogens is 2. The fourth-order valence-corrected chi connectivity index (χ4v) is 5.72. The summed E-state index contributed by atoms with van der Waals surface area (Å²) in [6.45, 7) is 3.77. The standard InChI is InChI=1S/C19H23ClN4O3S/c1-14-16(20)6-4-7-18(14)28(26,27)23-11-9-22(10-12-23)19(25)17-13-15-5-2-3-8-24(15)21-17/h4,6-7,13H,2-3,5,8-12H2,1H3. The molecule has 1 saturated heterocycles. The third-order valence-electron chi connectivity index (χ3n) is 5.50. The van der Waals surface area contributed by atoms with E-state index >= 15 is 0 Å². The number of carbonyl (C=O) groups is 1. The number of benzene rings is 1. The van der Waals surface area contributed by atoms with Gasteiger partial charge in [0.15, 0.2) is 5.69 Å². The second-order valence-corrected chi connectivity index (χ2v) is 9.57. The third kappa shape index (κ3) is 3.44. The van der Waals surface area contributed by atoms with Crippen molar-refractivity contribution >= 4 is 27.5 Å². The van der Waals surface area contributed by atoms with Gasteiger partial charge in [0.25, 0.3) is 5.91 Å². The van der Waals surface area contributed by atoms with Crippen LogP contribution in [0, 0.1) is 6.92 Å². The number of amides is 1. The summed E-state index contributed by atoms with van der Waals surface area (Å²) in [5, 5.41) is 4.87. The minimum atomic E-state index is -3.64. The summed E-state index contributed by atoms with van der Waals surface area (Å²) in [6, 6.07) is 6.77. The molecule has 0 atom stereocenters. The molecule has 28 heavy (non-hydrogen) atoms. The molecule has 0 bridgehead atoms. The molecule has 4 rings (SSSR count). The number of hydrogen-bond acceptors (Lipinski definition) is 4. The van der Waals surface area contributed by atoms with Crippen LogP contribution in [0.15, 0.2) is 29.2 Å². The second kappa shape index (κ2) is 7.50. The first kappa shape index (κ1) is 19.4. The predicted octanol–water partition coefficient (Wildman–Crippen LogP) is 2.33. The van der Waals surface area contributed by atoms with Gasteiger partial charge < -0.3 is 4.90 Å². The molecule has 9 heteroatoms. The summed E-state index contributed by atoms with van der Waals surface area (Å²) in [7, 11) is -3.64. The van der Waals surface area contributed by atoms with Gasteiger partial charge in [-0.25, -0.2) is 8.42 Å². The number of rotatable bonds is 3. The number of hydrogen-bond donors (Lipinski definition) is 0. The molecule has 1 amide bonds. The van der Waals surface area contributed by atoms with Crippen LogP contribution >= 0.6 is 11.6 Å². The number of nitrogens with zero attached hydrogens (tertiary/aromatic N) is 4. The molecular weight excluding hydrogens is 400 g/mol. The van der Waals surface area contributed by atoms with Crippen LogP contribution in [0.2, 0.25) is 5.02 Å². The van der Waals surface area contributed by atoms with Gasteiger partial charge in [0.1, 0.15) is 0 Å². The Balaban J connectivity index is 1.46. The van der Waals surface area contributed by atoms with Crippen molar-refractivity contribution in [1.29, 1.82) is 0 Å². The van der Waals surface area contributed by atoms with Crippen molar-refractivity contribution < 1.29 is 13.2 Å². The molecule has 7 nitrogen and oxygen atoms in total. The SMILES string of the molecule is Cc1c(Cl)cccc1S(=O)(=O)N1CCN(C(=O)c2cc3n(n2)CCCC3)CC1. The largest absolute Gasteiger partial charge is 0.335 e. The average molecular weight is 423 g/mol. The molecule has 0 N–H and O–H groups in total. The Bertz CT molecular complexity index is 987. The van der Waals surface area contributed by atoms with E-state index < -0.39 is 10.0 Å².